The van der Waals surface area contributed by atoms with Crippen molar-refractivity contribution >= 4 is 0 Å². The molecule has 0 saturated heterocycles. The first kappa shape index (κ1) is 16.8. The molecule has 0 aromatic rings. The number of hydrogen-bond donors (Lipinski definition) is 2. The molecule has 0 unspecified atom stereocenters. The Kier molecular flexibility index (Phi) is 69.0. The third-order valence-electron chi connectivity index (χ3n) is 0. The number of hydrogen-bond acceptors (Lipinski definition) is 3. The Hall–Kier alpha value is 0.919. The molecule has 0 saturated carbocycles. The van der Waals surface area contributed by atoms with E-state index in [9.17, 15) is 0 Å². The minimum atomic E-state index is 0. The molecule has 39 valence electrons. The van der Waals surface area contributed by atoms with Crippen LogP contribution < -0.4 is 0 Å². The van der Waals surface area contributed by atoms with E-state index in [0.717, 1.165) is 0 Å². The largest absolute Gasteiger partial charge is 0.221 e. The van der Waals surface area contributed by atoms with E-state index in [1.54, 1.807) is 0 Å². The van der Waals surface area contributed by atoms with E-state index >= 15 is 0 Å². The summed E-state index contributed by atoms with van der Waals surface area (Å²) in [6.45, 7) is 0. The van der Waals surface area contributed by atoms with Crippen LogP contribution in [0.1, 0.15) is 0 Å². The van der Waals surface area contributed by atoms with Crippen molar-refractivity contribution in [3.63, 3.8) is 0 Å². The van der Waals surface area contributed by atoms with E-state index in [1.165, 1.54) is 0 Å². The fourth-order valence-electron chi connectivity index (χ4n) is 0. The topological polar surface area (TPSA) is 49.7 Å². The second-order valence-electron chi connectivity index (χ2n) is 0.0816. The fourth-order valence-corrected chi connectivity index (χ4v) is 0. The number of rotatable bonds is 0. The first-order valence-corrected chi connectivity index (χ1v) is 0.365. The van der Waals surface area contributed by atoms with Gasteiger partial charge in [0.1, 0.15) is 0 Å². The van der Waals surface area contributed by atoms with Crippen LogP contribution in [0, 0.1) is 0 Å². The summed E-state index contributed by atoms with van der Waals surface area (Å²) < 4.78 is 0. The van der Waals surface area contributed by atoms with Crippen molar-refractivity contribution < 1.29 is 49.7 Å². The molecular weight excluding hydrogens is 167 g/mol. The normalized spacial score (nSPS) is 3.60. The van der Waals surface area contributed by atoms with Gasteiger partial charge in [-0.25, -0.2) is 10.5 Å². The standard InChI is InChI=1S/Cu.Fe.H2O3/c;;1-3-2/h;;1-2H. The molecule has 0 rings (SSSR count). The van der Waals surface area contributed by atoms with Crippen LogP contribution in [-0.2, 0) is 39.2 Å². The Morgan fingerprint density at radius 1 is 1.20 bits per heavy atom. The van der Waals surface area contributed by atoms with E-state index < -0.39 is 0 Å². The summed E-state index contributed by atoms with van der Waals surface area (Å²) in [6, 6.07) is 0. The smallest absolute Gasteiger partial charge is 0 e. The average Bonchev–Trinajstić information content (AvgIpc) is 0.918. The molecule has 2 N–H and O–H groups in total. The molecule has 0 atom stereocenters. The quantitative estimate of drug-likeness (QED) is 0.304. The van der Waals surface area contributed by atoms with Gasteiger partial charge in [0.25, 0.3) is 0 Å². The third-order valence-corrected chi connectivity index (χ3v) is 0. The van der Waals surface area contributed by atoms with E-state index in [2.05, 4.69) is 5.04 Å². The molecule has 5 heavy (non-hydrogen) atoms. The van der Waals surface area contributed by atoms with Crippen molar-refractivity contribution in [3.8, 4) is 0 Å². The SMILES string of the molecule is OOO.[Cu].[Fe]. The predicted molar refractivity (Wildman–Crippen MR) is 6.34 cm³/mol. The zero-order valence-electron chi connectivity index (χ0n) is 1.96. The van der Waals surface area contributed by atoms with Crippen LogP contribution in [-0.4, -0.2) is 10.5 Å². The fraction of sp³-hybridized carbons (Fsp3) is 0. The van der Waals surface area contributed by atoms with Gasteiger partial charge in [-0.2, -0.15) is 0 Å². The van der Waals surface area contributed by atoms with Crippen molar-refractivity contribution in [1.29, 1.82) is 0 Å². The van der Waals surface area contributed by atoms with Crippen LogP contribution in [0.2, 0.25) is 0 Å². The summed E-state index contributed by atoms with van der Waals surface area (Å²) in [5.41, 5.74) is 0. The first-order valence-electron chi connectivity index (χ1n) is 0.365. The summed E-state index contributed by atoms with van der Waals surface area (Å²) in [4.78, 5) is 0. The summed E-state index contributed by atoms with van der Waals surface area (Å²) >= 11 is 0. The Bertz CT molecular complexity index is 6.85. The molecule has 0 fully saturated rings. The molecule has 1 radical (unpaired) electrons. The summed E-state index contributed by atoms with van der Waals surface area (Å²) in [5.74, 6) is 0. The zero-order chi connectivity index (χ0) is 2.71. The van der Waals surface area contributed by atoms with Gasteiger partial charge in [0.2, 0.25) is 0 Å². The van der Waals surface area contributed by atoms with Crippen LogP contribution in [0.15, 0.2) is 0 Å². The molecule has 0 spiro atoms. The van der Waals surface area contributed by atoms with Crippen molar-refractivity contribution in [2.45, 2.75) is 0 Å². The van der Waals surface area contributed by atoms with Gasteiger partial charge in [-0.05, 0) is 0 Å². The van der Waals surface area contributed by atoms with Crippen molar-refractivity contribution in [2.75, 3.05) is 0 Å². The van der Waals surface area contributed by atoms with Gasteiger partial charge in [-0.1, -0.05) is 5.04 Å². The maximum atomic E-state index is 6.62. The van der Waals surface area contributed by atoms with E-state index in [4.69, 9.17) is 10.5 Å². The van der Waals surface area contributed by atoms with Gasteiger partial charge in [0.05, 0.1) is 0 Å². The Balaban J connectivity index is -0.0000000200. The molecule has 0 aromatic carbocycles. The first-order chi connectivity index (χ1) is 1.41. The van der Waals surface area contributed by atoms with Crippen LogP contribution in [0.4, 0.5) is 0 Å². The minimum Gasteiger partial charge on any atom is -0.221 e. The van der Waals surface area contributed by atoms with Crippen LogP contribution in [0.3, 0.4) is 0 Å². The van der Waals surface area contributed by atoms with Crippen LogP contribution in [0.25, 0.3) is 0 Å². The molecule has 5 heteroatoms. The van der Waals surface area contributed by atoms with Gasteiger partial charge >= 0.3 is 0 Å². The maximum absolute atomic E-state index is 6.62. The van der Waals surface area contributed by atoms with Gasteiger partial charge in [0.15, 0.2) is 0 Å². The van der Waals surface area contributed by atoms with Gasteiger partial charge in [0, 0.05) is 34.1 Å². The Morgan fingerprint density at radius 3 is 1.20 bits per heavy atom. The molecule has 0 aromatic heterocycles. The van der Waals surface area contributed by atoms with E-state index in [1.807, 2.05) is 0 Å². The molecule has 0 amide bonds. The maximum Gasteiger partial charge on any atom is 0 e. The van der Waals surface area contributed by atoms with E-state index in [-0.39, 0.29) is 34.1 Å². The van der Waals surface area contributed by atoms with Crippen molar-refractivity contribution in [1.82, 2.24) is 0 Å². The molecule has 0 heterocycles. The molecule has 0 bridgehead atoms. The second-order valence-corrected chi connectivity index (χ2v) is 0.0816. The van der Waals surface area contributed by atoms with Crippen LogP contribution >= 0.6 is 0 Å². The average molecular weight is 169 g/mol. The monoisotopic (exact) mass is 169 g/mol. The van der Waals surface area contributed by atoms with Gasteiger partial charge < -0.3 is 0 Å². The third kappa shape index (κ3) is 49.6. The zero-order valence-corrected chi connectivity index (χ0v) is 4.00. The molecule has 0 aliphatic heterocycles. The Morgan fingerprint density at radius 2 is 1.20 bits per heavy atom. The summed E-state index contributed by atoms with van der Waals surface area (Å²) in [6.07, 6.45) is 0. The van der Waals surface area contributed by atoms with Gasteiger partial charge in [-0.15, -0.1) is 0 Å². The second kappa shape index (κ2) is 20.5. The summed E-state index contributed by atoms with van der Waals surface area (Å²) in [7, 11) is 0. The molecule has 0 aliphatic rings. The Labute approximate surface area is 50.1 Å². The summed E-state index contributed by atoms with van der Waals surface area (Å²) in [5, 5.41) is 15.5. The minimum absolute atomic E-state index is 0. The predicted octanol–water partition coefficient (Wildman–Crippen LogP) is -0.0560. The molecule has 3 nitrogen and oxygen atoms in total. The molecule has 0 aliphatic carbocycles. The molecular formula is H2CuFeO3. The van der Waals surface area contributed by atoms with Crippen LogP contribution in [0.5, 0.6) is 0 Å². The van der Waals surface area contributed by atoms with Crippen molar-refractivity contribution in [3.05, 3.63) is 0 Å². The van der Waals surface area contributed by atoms with E-state index in [0.29, 0.717) is 0 Å². The van der Waals surface area contributed by atoms with Gasteiger partial charge in [-0.3, -0.25) is 0 Å². The van der Waals surface area contributed by atoms with Crippen molar-refractivity contribution in [2.24, 2.45) is 0 Å².